The monoisotopic (exact) mass is 246 g/mol. The van der Waals surface area contributed by atoms with E-state index in [1.54, 1.807) is 0 Å². The zero-order valence-corrected chi connectivity index (χ0v) is 9.82. The van der Waals surface area contributed by atoms with Gasteiger partial charge in [0.25, 0.3) is 10.0 Å². The molecule has 5 N–H and O–H groups in total. The highest BCUT2D eigenvalue weighted by molar-refractivity contribution is 7.89. The van der Waals surface area contributed by atoms with Crippen LogP contribution in [-0.2, 0) is 16.6 Å². The number of aromatic nitrogens is 2. The molecule has 0 atom stereocenters. The first-order valence-corrected chi connectivity index (χ1v) is 5.80. The number of rotatable bonds is 4. The van der Waals surface area contributed by atoms with Crippen LogP contribution in [0, 0.1) is 0 Å². The Labute approximate surface area is 93.4 Å². The van der Waals surface area contributed by atoms with E-state index >= 15 is 0 Å². The van der Waals surface area contributed by atoms with Crippen molar-refractivity contribution in [2.45, 2.75) is 11.6 Å². The predicted molar refractivity (Wildman–Crippen MR) is 59.0 cm³/mol. The number of nitrogens with zero attached hydrogens (tertiary/aromatic N) is 3. The van der Waals surface area contributed by atoms with Gasteiger partial charge in [-0.2, -0.15) is 0 Å². The Hall–Kier alpha value is -1.61. The lowest BCUT2D eigenvalue weighted by Gasteiger charge is -2.08. The number of hydrogen-bond donors (Lipinski definition) is 3. The molecule has 0 saturated carbocycles. The molecular formula is C7H14N6O2S. The average molecular weight is 246 g/mol. The second kappa shape index (κ2) is 4.49. The summed E-state index contributed by atoms with van der Waals surface area (Å²) in [6, 6.07) is 0. The van der Waals surface area contributed by atoms with Gasteiger partial charge in [-0.05, 0) is 0 Å². The summed E-state index contributed by atoms with van der Waals surface area (Å²) in [4.78, 5) is 10.2. The molecule has 0 aliphatic carbocycles. The molecule has 90 valence electrons. The fraction of sp³-hybridized carbons (Fsp3) is 0.429. The van der Waals surface area contributed by atoms with E-state index in [1.807, 2.05) is 0 Å². The largest absolute Gasteiger partial charge is 0.370 e. The molecule has 0 radical (unpaired) electrons. The molecule has 0 aliphatic heterocycles. The number of hydrogen-bond acceptors (Lipinski definition) is 4. The number of sulfonamides is 1. The molecule has 1 aromatic rings. The third kappa shape index (κ3) is 2.70. The van der Waals surface area contributed by atoms with Crippen molar-refractivity contribution in [3.8, 4) is 0 Å². The van der Waals surface area contributed by atoms with Gasteiger partial charge < -0.3 is 16.5 Å². The number of nitrogens with two attached hydrogens (primary N) is 2. The van der Waals surface area contributed by atoms with Gasteiger partial charge >= 0.3 is 0 Å². The summed E-state index contributed by atoms with van der Waals surface area (Å²) in [7, 11) is -0.618. The van der Waals surface area contributed by atoms with Crippen LogP contribution in [0.4, 0.5) is 0 Å². The maximum Gasteiger partial charge on any atom is 0.259 e. The Morgan fingerprint density at radius 2 is 2.19 bits per heavy atom. The van der Waals surface area contributed by atoms with Crippen LogP contribution < -0.4 is 11.5 Å². The van der Waals surface area contributed by atoms with Crippen LogP contribution in [0.25, 0.3) is 0 Å². The highest BCUT2D eigenvalue weighted by Gasteiger charge is 2.19. The molecule has 0 bridgehead atoms. The molecule has 0 amide bonds. The Kier molecular flexibility index (Phi) is 3.50. The number of imidazole rings is 1. The highest BCUT2D eigenvalue weighted by Crippen LogP contribution is 2.10. The van der Waals surface area contributed by atoms with Gasteiger partial charge in [-0.3, -0.25) is 0 Å². The molecule has 8 nitrogen and oxygen atoms in total. The third-order valence-corrected chi connectivity index (χ3v) is 3.50. The molecule has 16 heavy (non-hydrogen) atoms. The van der Waals surface area contributed by atoms with E-state index in [2.05, 4.69) is 15.0 Å². The molecular weight excluding hydrogens is 232 g/mol. The number of guanidine groups is 1. The van der Waals surface area contributed by atoms with Crippen LogP contribution in [0.1, 0.15) is 5.82 Å². The van der Waals surface area contributed by atoms with Crippen molar-refractivity contribution in [2.24, 2.45) is 16.5 Å². The van der Waals surface area contributed by atoms with Gasteiger partial charge in [-0.25, -0.2) is 22.7 Å². The van der Waals surface area contributed by atoms with Crippen LogP contribution in [-0.4, -0.2) is 42.7 Å². The lowest BCUT2D eigenvalue weighted by molar-refractivity contribution is 0.517. The van der Waals surface area contributed by atoms with Crippen molar-refractivity contribution < 1.29 is 8.42 Å². The van der Waals surface area contributed by atoms with Crippen LogP contribution in [0.3, 0.4) is 0 Å². The van der Waals surface area contributed by atoms with E-state index in [-0.39, 0.29) is 17.5 Å². The van der Waals surface area contributed by atoms with Crippen LogP contribution in [0.5, 0.6) is 0 Å². The summed E-state index contributed by atoms with van der Waals surface area (Å²) < 4.78 is 24.4. The van der Waals surface area contributed by atoms with Crippen LogP contribution in [0.2, 0.25) is 0 Å². The fourth-order valence-electron chi connectivity index (χ4n) is 0.918. The SMILES string of the molecule is CN(C)S(=O)(=O)c1cnc(CN=C(N)N)[nH]1. The van der Waals surface area contributed by atoms with Gasteiger partial charge in [0.15, 0.2) is 11.0 Å². The van der Waals surface area contributed by atoms with Crippen LogP contribution in [0.15, 0.2) is 16.2 Å². The Bertz CT molecular complexity index is 485. The summed E-state index contributed by atoms with van der Waals surface area (Å²) in [6.07, 6.45) is 1.23. The minimum absolute atomic E-state index is 0.0123. The first-order chi connectivity index (χ1) is 7.34. The van der Waals surface area contributed by atoms with Crippen molar-refractivity contribution in [1.29, 1.82) is 0 Å². The Morgan fingerprint density at radius 1 is 1.56 bits per heavy atom. The van der Waals surface area contributed by atoms with Crippen LogP contribution >= 0.6 is 0 Å². The van der Waals surface area contributed by atoms with E-state index in [0.29, 0.717) is 5.82 Å². The second-order valence-corrected chi connectivity index (χ2v) is 5.34. The molecule has 0 spiro atoms. The highest BCUT2D eigenvalue weighted by atomic mass is 32.2. The molecule has 0 fully saturated rings. The minimum atomic E-state index is -3.49. The lowest BCUT2D eigenvalue weighted by atomic mass is 10.6. The third-order valence-electron chi connectivity index (χ3n) is 1.78. The molecule has 0 unspecified atom stereocenters. The Morgan fingerprint density at radius 3 is 2.69 bits per heavy atom. The smallest absolute Gasteiger partial charge is 0.259 e. The van der Waals surface area contributed by atoms with E-state index in [4.69, 9.17) is 11.5 Å². The molecule has 0 aliphatic rings. The van der Waals surface area contributed by atoms with Gasteiger partial charge in [0, 0.05) is 14.1 Å². The number of aromatic amines is 1. The fourth-order valence-corrected chi connectivity index (χ4v) is 1.74. The first kappa shape index (κ1) is 12.5. The first-order valence-electron chi connectivity index (χ1n) is 4.36. The normalized spacial score (nSPS) is 11.7. The van der Waals surface area contributed by atoms with Crippen molar-refractivity contribution in [2.75, 3.05) is 14.1 Å². The Balaban J connectivity index is 2.92. The average Bonchev–Trinajstić information content (AvgIpc) is 2.63. The van der Waals surface area contributed by atoms with Crippen molar-refractivity contribution in [3.05, 3.63) is 12.0 Å². The summed E-state index contributed by atoms with van der Waals surface area (Å²) >= 11 is 0. The van der Waals surface area contributed by atoms with Crippen molar-refractivity contribution >= 4 is 16.0 Å². The number of H-pyrrole nitrogens is 1. The van der Waals surface area contributed by atoms with Gasteiger partial charge in [-0.1, -0.05) is 0 Å². The van der Waals surface area contributed by atoms with E-state index < -0.39 is 10.0 Å². The maximum absolute atomic E-state index is 11.7. The molecule has 1 rings (SSSR count). The number of nitrogens with one attached hydrogen (secondary N) is 1. The second-order valence-electron chi connectivity index (χ2n) is 3.22. The minimum Gasteiger partial charge on any atom is -0.370 e. The molecule has 1 aromatic heterocycles. The zero-order chi connectivity index (χ0) is 12.3. The van der Waals surface area contributed by atoms with E-state index in [0.717, 1.165) is 4.31 Å². The number of aliphatic imine (C=N–C) groups is 1. The topological polar surface area (TPSA) is 130 Å². The van der Waals surface area contributed by atoms with Gasteiger partial charge in [0.05, 0.1) is 6.20 Å². The molecule has 9 heteroatoms. The zero-order valence-electron chi connectivity index (χ0n) is 9.01. The molecule has 0 saturated heterocycles. The van der Waals surface area contributed by atoms with E-state index in [1.165, 1.54) is 20.3 Å². The summed E-state index contributed by atoms with van der Waals surface area (Å²) in [6.45, 7) is 0.116. The maximum atomic E-state index is 11.7. The van der Waals surface area contributed by atoms with E-state index in [9.17, 15) is 8.42 Å². The quantitative estimate of drug-likeness (QED) is 0.436. The predicted octanol–water partition coefficient (Wildman–Crippen LogP) is -1.57. The van der Waals surface area contributed by atoms with Gasteiger partial charge in [-0.15, -0.1) is 0 Å². The van der Waals surface area contributed by atoms with Gasteiger partial charge in [0.2, 0.25) is 0 Å². The summed E-state index contributed by atoms with van der Waals surface area (Å²) in [5.74, 6) is 0.308. The van der Waals surface area contributed by atoms with Gasteiger partial charge in [0.1, 0.15) is 12.4 Å². The van der Waals surface area contributed by atoms with Crippen molar-refractivity contribution in [1.82, 2.24) is 14.3 Å². The molecule has 0 aromatic carbocycles. The van der Waals surface area contributed by atoms with Crippen molar-refractivity contribution in [3.63, 3.8) is 0 Å². The summed E-state index contributed by atoms with van der Waals surface area (Å²) in [5.41, 5.74) is 10.3. The lowest BCUT2D eigenvalue weighted by Crippen LogP contribution is -2.23. The summed E-state index contributed by atoms with van der Waals surface area (Å²) in [5, 5.41) is 0.0123. The standard InChI is InChI=1S/C7H14N6O2S/c1-13(2)16(14,15)6-4-10-5(12-6)3-11-7(8)9/h4H,3H2,1-2H3,(H,10,12)(H4,8,9,11). The molecule has 1 heterocycles.